The third kappa shape index (κ3) is 4.36. The van der Waals surface area contributed by atoms with E-state index in [0.717, 1.165) is 15.6 Å². The summed E-state index contributed by atoms with van der Waals surface area (Å²) in [6, 6.07) is 16.8. The van der Waals surface area contributed by atoms with Crippen molar-refractivity contribution in [2.45, 2.75) is 12.1 Å². The van der Waals surface area contributed by atoms with Crippen LogP contribution < -0.4 is 5.73 Å². The van der Waals surface area contributed by atoms with Gasteiger partial charge in [0.15, 0.2) is 0 Å². The number of rotatable bonds is 3. The summed E-state index contributed by atoms with van der Waals surface area (Å²) in [4.78, 5) is 14.5. The first-order valence-electron chi connectivity index (χ1n) is 7.61. The van der Waals surface area contributed by atoms with Gasteiger partial charge in [0.1, 0.15) is 12.1 Å². The van der Waals surface area contributed by atoms with Crippen LogP contribution in [0.5, 0.6) is 0 Å². The van der Waals surface area contributed by atoms with Crippen LogP contribution in [0.1, 0.15) is 23.3 Å². The number of morpholine rings is 1. The van der Waals surface area contributed by atoms with Gasteiger partial charge in [-0.25, -0.2) is 0 Å². The Hall–Kier alpha value is -1.40. The van der Waals surface area contributed by atoms with E-state index in [2.05, 4.69) is 15.9 Å². The van der Waals surface area contributed by atoms with Crippen LogP contribution in [-0.2, 0) is 9.53 Å². The second kappa shape index (κ2) is 8.62. The van der Waals surface area contributed by atoms with E-state index in [0.29, 0.717) is 19.7 Å². The maximum atomic E-state index is 12.7. The highest BCUT2D eigenvalue weighted by Crippen LogP contribution is 2.26. The normalized spacial score (nSPS) is 18.6. The number of hydrogen-bond donors (Lipinski definition) is 1. The molecule has 1 fully saturated rings. The van der Waals surface area contributed by atoms with E-state index in [1.807, 2.05) is 54.6 Å². The lowest BCUT2D eigenvalue weighted by Gasteiger charge is -2.34. The van der Waals surface area contributed by atoms with E-state index in [-0.39, 0.29) is 24.4 Å². The van der Waals surface area contributed by atoms with Gasteiger partial charge in [-0.2, -0.15) is 0 Å². The van der Waals surface area contributed by atoms with Gasteiger partial charge in [0.05, 0.1) is 13.2 Å². The van der Waals surface area contributed by atoms with Crippen LogP contribution in [0.4, 0.5) is 0 Å². The minimum Gasteiger partial charge on any atom is -0.370 e. The minimum atomic E-state index is -0.627. The number of nitrogens with zero attached hydrogens (tertiary/aromatic N) is 1. The maximum absolute atomic E-state index is 12.7. The Balaban J connectivity index is 0.00000208. The molecule has 6 heteroatoms. The molecule has 0 bridgehead atoms. The number of ether oxygens (including phenoxy) is 1. The quantitative estimate of drug-likeness (QED) is 0.841. The molecule has 128 valence electrons. The molecule has 1 saturated heterocycles. The molecule has 2 aromatic carbocycles. The molecule has 2 N–H and O–H groups in total. The molecule has 3 rings (SSSR count). The molecule has 2 atom stereocenters. The van der Waals surface area contributed by atoms with Crippen molar-refractivity contribution >= 4 is 34.2 Å². The lowest BCUT2D eigenvalue weighted by atomic mass is 10.0. The van der Waals surface area contributed by atoms with Crippen molar-refractivity contribution in [2.24, 2.45) is 5.73 Å². The molecule has 4 nitrogen and oxygen atoms in total. The van der Waals surface area contributed by atoms with Crippen LogP contribution in [0.2, 0.25) is 0 Å². The fourth-order valence-electron chi connectivity index (χ4n) is 2.76. The molecule has 0 spiro atoms. The molecule has 0 saturated carbocycles. The zero-order valence-corrected chi connectivity index (χ0v) is 15.5. The third-order valence-electron chi connectivity index (χ3n) is 4.02. The molecule has 2 aromatic rings. The summed E-state index contributed by atoms with van der Waals surface area (Å²) >= 11 is 3.47. The molecule has 1 aliphatic heterocycles. The molecule has 0 radical (unpaired) electrons. The smallest absolute Gasteiger partial charge is 0.244 e. The molecule has 0 aromatic heterocycles. The summed E-state index contributed by atoms with van der Waals surface area (Å²) in [6.07, 6.45) is -0.117. The summed E-state index contributed by atoms with van der Waals surface area (Å²) in [7, 11) is 0. The Bertz CT molecular complexity index is 684. The van der Waals surface area contributed by atoms with Crippen LogP contribution in [0.3, 0.4) is 0 Å². The highest BCUT2D eigenvalue weighted by molar-refractivity contribution is 9.10. The Labute approximate surface area is 156 Å². The summed E-state index contributed by atoms with van der Waals surface area (Å²) in [5, 5.41) is 0. The fraction of sp³-hybridized carbons (Fsp3) is 0.278. The van der Waals surface area contributed by atoms with Crippen LogP contribution in [0, 0.1) is 0 Å². The summed E-state index contributed by atoms with van der Waals surface area (Å²) < 4.78 is 6.83. The van der Waals surface area contributed by atoms with Crippen molar-refractivity contribution < 1.29 is 9.53 Å². The first-order valence-corrected chi connectivity index (χ1v) is 8.41. The lowest BCUT2D eigenvalue weighted by molar-refractivity contribution is -0.140. The van der Waals surface area contributed by atoms with E-state index >= 15 is 0 Å². The van der Waals surface area contributed by atoms with Gasteiger partial charge < -0.3 is 15.4 Å². The molecule has 1 heterocycles. The lowest BCUT2D eigenvalue weighted by Crippen LogP contribution is -2.46. The van der Waals surface area contributed by atoms with Crippen LogP contribution in [-0.4, -0.2) is 30.5 Å². The van der Waals surface area contributed by atoms with Gasteiger partial charge in [0.2, 0.25) is 5.91 Å². The monoisotopic (exact) mass is 410 g/mol. The summed E-state index contributed by atoms with van der Waals surface area (Å²) in [5.41, 5.74) is 8.03. The Morgan fingerprint density at radius 1 is 1.21 bits per heavy atom. The minimum absolute atomic E-state index is 0. The largest absolute Gasteiger partial charge is 0.370 e. The van der Waals surface area contributed by atoms with E-state index in [1.54, 1.807) is 4.90 Å². The number of halogens is 2. The van der Waals surface area contributed by atoms with Gasteiger partial charge >= 0.3 is 0 Å². The number of amides is 1. The first kappa shape index (κ1) is 18.9. The topological polar surface area (TPSA) is 55.6 Å². The highest BCUT2D eigenvalue weighted by atomic mass is 79.9. The molecule has 1 aliphatic rings. The molecule has 2 unspecified atom stereocenters. The SMILES string of the molecule is Cl.NC(C(=O)N1CCOC(c2cccc(Br)c2)C1)c1ccccc1. The number of benzene rings is 2. The van der Waals surface area contributed by atoms with Crippen molar-refractivity contribution in [1.82, 2.24) is 4.90 Å². The van der Waals surface area contributed by atoms with Gasteiger partial charge in [0, 0.05) is 11.0 Å². The molecule has 1 amide bonds. The Morgan fingerprint density at radius 2 is 1.96 bits per heavy atom. The van der Waals surface area contributed by atoms with Crippen molar-refractivity contribution in [1.29, 1.82) is 0 Å². The van der Waals surface area contributed by atoms with Crippen molar-refractivity contribution in [3.05, 3.63) is 70.2 Å². The number of nitrogens with two attached hydrogens (primary N) is 1. The number of carbonyl (C=O) groups is 1. The average molecular weight is 412 g/mol. The van der Waals surface area contributed by atoms with Crippen molar-refractivity contribution in [3.8, 4) is 0 Å². The van der Waals surface area contributed by atoms with E-state index in [1.165, 1.54) is 0 Å². The van der Waals surface area contributed by atoms with Gasteiger partial charge in [0.25, 0.3) is 0 Å². The van der Waals surface area contributed by atoms with Gasteiger partial charge in [-0.15, -0.1) is 12.4 Å². The Morgan fingerprint density at radius 3 is 2.67 bits per heavy atom. The van der Waals surface area contributed by atoms with Gasteiger partial charge in [-0.05, 0) is 23.3 Å². The van der Waals surface area contributed by atoms with Crippen LogP contribution in [0.25, 0.3) is 0 Å². The van der Waals surface area contributed by atoms with Crippen molar-refractivity contribution in [2.75, 3.05) is 19.7 Å². The predicted octanol–water partition coefficient (Wildman–Crippen LogP) is 3.47. The standard InChI is InChI=1S/C18H19BrN2O2.ClH/c19-15-8-4-7-14(11-15)16-12-21(9-10-23-16)18(22)17(20)13-5-2-1-3-6-13;/h1-8,11,16-17H,9-10,12,20H2;1H. The predicted molar refractivity (Wildman–Crippen MR) is 100 cm³/mol. The first-order chi connectivity index (χ1) is 11.1. The zero-order valence-electron chi connectivity index (χ0n) is 13.1. The molecular formula is C18H20BrClN2O2. The molecular weight excluding hydrogens is 392 g/mol. The van der Waals surface area contributed by atoms with E-state index in [4.69, 9.17) is 10.5 Å². The Kier molecular flexibility index (Phi) is 6.80. The highest BCUT2D eigenvalue weighted by Gasteiger charge is 2.29. The number of hydrogen-bond acceptors (Lipinski definition) is 3. The van der Waals surface area contributed by atoms with Crippen LogP contribution >= 0.6 is 28.3 Å². The van der Waals surface area contributed by atoms with E-state index < -0.39 is 6.04 Å². The van der Waals surface area contributed by atoms with Gasteiger partial charge in [-0.3, -0.25) is 4.79 Å². The van der Waals surface area contributed by atoms with Crippen molar-refractivity contribution in [3.63, 3.8) is 0 Å². The second-order valence-electron chi connectivity index (χ2n) is 5.59. The third-order valence-corrected chi connectivity index (χ3v) is 4.52. The van der Waals surface area contributed by atoms with Gasteiger partial charge in [-0.1, -0.05) is 58.4 Å². The summed E-state index contributed by atoms with van der Waals surface area (Å²) in [5.74, 6) is -0.0560. The fourth-order valence-corrected chi connectivity index (χ4v) is 3.17. The van der Waals surface area contributed by atoms with E-state index in [9.17, 15) is 4.79 Å². The zero-order chi connectivity index (χ0) is 16.2. The maximum Gasteiger partial charge on any atom is 0.244 e. The van der Waals surface area contributed by atoms with Crippen LogP contribution in [0.15, 0.2) is 59.1 Å². The second-order valence-corrected chi connectivity index (χ2v) is 6.50. The molecule has 24 heavy (non-hydrogen) atoms. The average Bonchev–Trinajstić information content (AvgIpc) is 2.61. The number of carbonyl (C=O) groups excluding carboxylic acids is 1. The molecule has 0 aliphatic carbocycles. The summed E-state index contributed by atoms with van der Waals surface area (Å²) in [6.45, 7) is 1.62.